The normalized spacial score (nSPS) is 25.0. The van der Waals surface area contributed by atoms with Crippen LogP contribution in [-0.4, -0.2) is 17.8 Å². The zero-order valence-electron chi connectivity index (χ0n) is 12.6. The Hall–Kier alpha value is -1.55. The fourth-order valence-electron chi connectivity index (χ4n) is 3.40. The van der Waals surface area contributed by atoms with Gasteiger partial charge in [0.15, 0.2) is 0 Å². The van der Waals surface area contributed by atoms with Crippen LogP contribution in [0, 0.1) is 11.8 Å². The summed E-state index contributed by atoms with van der Waals surface area (Å²) in [5.74, 6) is 0.929. The number of hydrogen-bond donors (Lipinski definition) is 2. The van der Waals surface area contributed by atoms with E-state index in [4.69, 9.17) is 10.5 Å². The molecule has 0 bridgehead atoms. The van der Waals surface area contributed by atoms with Gasteiger partial charge in [0.2, 0.25) is 0 Å². The van der Waals surface area contributed by atoms with Crippen molar-refractivity contribution in [1.29, 1.82) is 0 Å². The van der Waals surface area contributed by atoms with Gasteiger partial charge in [-0.25, -0.2) is 4.79 Å². The number of hydrogen-bond acceptors (Lipinski definition) is 3. The van der Waals surface area contributed by atoms with Gasteiger partial charge < -0.3 is 15.6 Å². The highest BCUT2D eigenvalue weighted by atomic mass is 16.6. The molecule has 21 heavy (non-hydrogen) atoms. The SMILES string of the molecule is CC(CC1CCC(CO)CC1)(OC(N)=O)c1ccccc1. The number of ether oxygens (including phenoxy) is 1. The highest BCUT2D eigenvalue weighted by molar-refractivity contribution is 5.65. The highest BCUT2D eigenvalue weighted by Crippen LogP contribution is 2.39. The Morgan fingerprint density at radius 2 is 1.81 bits per heavy atom. The molecule has 116 valence electrons. The fourth-order valence-corrected chi connectivity index (χ4v) is 3.40. The highest BCUT2D eigenvalue weighted by Gasteiger charge is 2.35. The summed E-state index contributed by atoms with van der Waals surface area (Å²) in [6.45, 7) is 2.21. The van der Waals surface area contributed by atoms with Gasteiger partial charge in [0, 0.05) is 6.61 Å². The first-order valence-corrected chi connectivity index (χ1v) is 7.68. The molecule has 0 spiro atoms. The lowest BCUT2D eigenvalue weighted by Crippen LogP contribution is -2.35. The summed E-state index contributed by atoms with van der Waals surface area (Å²) >= 11 is 0. The van der Waals surface area contributed by atoms with Crippen LogP contribution >= 0.6 is 0 Å². The monoisotopic (exact) mass is 291 g/mol. The molecule has 1 fully saturated rings. The van der Waals surface area contributed by atoms with E-state index in [2.05, 4.69) is 0 Å². The molecule has 0 radical (unpaired) electrons. The van der Waals surface area contributed by atoms with Crippen LogP contribution in [0.1, 0.15) is 44.6 Å². The van der Waals surface area contributed by atoms with Crippen LogP contribution in [0.25, 0.3) is 0 Å². The Kier molecular flexibility index (Phi) is 5.23. The third kappa shape index (κ3) is 4.21. The Morgan fingerprint density at radius 1 is 1.24 bits per heavy atom. The lowest BCUT2D eigenvalue weighted by Gasteiger charge is -2.36. The molecule has 2 rings (SSSR count). The molecule has 1 aliphatic carbocycles. The van der Waals surface area contributed by atoms with Crippen LogP contribution in [0.4, 0.5) is 4.79 Å². The first-order chi connectivity index (χ1) is 10.0. The number of aliphatic hydroxyl groups excluding tert-OH is 1. The molecule has 0 aliphatic heterocycles. The minimum Gasteiger partial charge on any atom is -0.438 e. The van der Waals surface area contributed by atoms with Crippen molar-refractivity contribution in [2.75, 3.05) is 6.61 Å². The Balaban J connectivity index is 2.08. The minimum absolute atomic E-state index is 0.278. The average molecular weight is 291 g/mol. The van der Waals surface area contributed by atoms with Gasteiger partial charge in [-0.2, -0.15) is 0 Å². The van der Waals surface area contributed by atoms with Gasteiger partial charge in [0.25, 0.3) is 0 Å². The van der Waals surface area contributed by atoms with Gasteiger partial charge in [-0.05, 0) is 56.4 Å². The fraction of sp³-hybridized carbons (Fsp3) is 0.588. The maximum absolute atomic E-state index is 11.3. The van der Waals surface area contributed by atoms with E-state index in [1.807, 2.05) is 37.3 Å². The van der Waals surface area contributed by atoms with Crippen molar-refractivity contribution >= 4 is 6.09 Å². The van der Waals surface area contributed by atoms with E-state index in [9.17, 15) is 9.90 Å². The number of aliphatic hydroxyl groups is 1. The molecule has 0 heterocycles. The van der Waals surface area contributed by atoms with Gasteiger partial charge >= 0.3 is 6.09 Å². The van der Waals surface area contributed by atoms with Crippen LogP contribution in [-0.2, 0) is 10.3 Å². The lowest BCUT2D eigenvalue weighted by molar-refractivity contribution is 0.000553. The summed E-state index contributed by atoms with van der Waals surface area (Å²) in [7, 11) is 0. The van der Waals surface area contributed by atoms with E-state index in [1.165, 1.54) is 0 Å². The first kappa shape index (κ1) is 15.8. The van der Waals surface area contributed by atoms with Crippen LogP contribution in [0.3, 0.4) is 0 Å². The van der Waals surface area contributed by atoms with Crippen molar-refractivity contribution in [3.05, 3.63) is 35.9 Å². The predicted molar refractivity (Wildman–Crippen MR) is 81.6 cm³/mol. The lowest BCUT2D eigenvalue weighted by atomic mass is 9.76. The van der Waals surface area contributed by atoms with Gasteiger partial charge in [-0.3, -0.25) is 0 Å². The van der Waals surface area contributed by atoms with E-state index < -0.39 is 11.7 Å². The minimum atomic E-state index is -0.731. The van der Waals surface area contributed by atoms with Crippen molar-refractivity contribution < 1.29 is 14.6 Å². The molecule has 3 N–H and O–H groups in total. The molecule has 1 atom stereocenters. The maximum atomic E-state index is 11.3. The zero-order chi connectivity index (χ0) is 15.3. The Morgan fingerprint density at radius 3 is 2.33 bits per heavy atom. The summed E-state index contributed by atoms with van der Waals surface area (Å²) in [5, 5.41) is 9.22. The van der Waals surface area contributed by atoms with E-state index in [0.717, 1.165) is 37.7 Å². The van der Waals surface area contributed by atoms with Crippen molar-refractivity contribution in [3.8, 4) is 0 Å². The number of primary amides is 1. The third-order valence-electron chi connectivity index (χ3n) is 4.61. The second kappa shape index (κ2) is 6.94. The molecule has 1 aliphatic rings. The number of nitrogens with two attached hydrogens (primary N) is 1. The van der Waals surface area contributed by atoms with E-state index >= 15 is 0 Å². The molecule has 1 saturated carbocycles. The average Bonchev–Trinajstić information content (AvgIpc) is 2.48. The molecule has 1 amide bonds. The Bertz CT molecular complexity index is 454. The largest absolute Gasteiger partial charge is 0.438 e. The number of carbonyl (C=O) groups excluding carboxylic acids is 1. The molecule has 4 nitrogen and oxygen atoms in total. The maximum Gasteiger partial charge on any atom is 0.405 e. The predicted octanol–water partition coefficient (Wildman–Crippen LogP) is 3.19. The molecular weight excluding hydrogens is 266 g/mol. The first-order valence-electron chi connectivity index (χ1n) is 7.68. The zero-order valence-corrected chi connectivity index (χ0v) is 12.6. The summed E-state index contributed by atoms with van der Waals surface area (Å²) in [6.07, 6.45) is 4.26. The standard InChI is InChI=1S/C17H25NO3/c1-17(21-16(18)20,15-5-3-2-4-6-15)11-13-7-9-14(12-19)10-8-13/h2-6,13-14,19H,7-12H2,1H3,(H2,18,20). The third-order valence-corrected chi connectivity index (χ3v) is 4.61. The second-order valence-electron chi connectivity index (χ2n) is 6.29. The van der Waals surface area contributed by atoms with Crippen LogP contribution < -0.4 is 5.73 Å². The van der Waals surface area contributed by atoms with Crippen LogP contribution in [0.15, 0.2) is 30.3 Å². The molecular formula is C17H25NO3. The molecule has 1 unspecified atom stereocenters. The molecule has 1 aromatic carbocycles. The number of rotatable bonds is 5. The number of carbonyl (C=O) groups is 1. The van der Waals surface area contributed by atoms with Gasteiger partial charge in [-0.1, -0.05) is 30.3 Å². The summed E-state index contributed by atoms with van der Waals surface area (Å²) in [4.78, 5) is 11.3. The van der Waals surface area contributed by atoms with Crippen LogP contribution in [0.2, 0.25) is 0 Å². The molecule has 0 aromatic heterocycles. The summed E-state index contributed by atoms with van der Waals surface area (Å²) in [6, 6.07) is 9.78. The topological polar surface area (TPSA) is 72.6 Å². The Labute approximate surface area is 126 Å². The summed E-state index contributed by atoms with van der Waals surface area (Å²) in [5.41, 5.74) is 5.57. The van der Waals surface area contributed by atoms with E-state index in [1.54, 1.807) is 0 Å². The van der Waals surface area contributed by atoms with Crippen molar-refractivity contribution in [2.24, 2.45) is 17.6 Å². The van der Waals surface area contributed by atoms with E-state index in [-0.39, 0.29) is 6.61 Å². The molecule has 1 aromatic rings. The van der Waals surface area contributed by atoms with Crippen molar-refractivity contribution in [3.63, 3.8) is 0 Å². The second-order valence-corrected chi connectivity index (χ2v) is 6.29. The molecule has 0 saturated heterocycles. The number of amides is 1. The van der Waals surface area contributed by atoms with Gasteiger partial charge in [0.05, 0.1) is 0 Å². The summed E-state index contributed by atoms with van der Waals surface area (Å²) < 4.78 is 5.47. The molecule has 4 heteroatoms. The van der Waals surface area contributed by atoms with Crippen molar-refractivity contribution in [2.45, 2.75) is 44.6 Å². The number of benzene rings is 1. The van der Waals surface area contributed by atoms with Crippen LogP contribution in [0.5, 0.6) is 0 Å². The van der Waals surface area contributed by atoms with Crippen molar-refractivity contribution in [1.82, 2.24) is 0 Å². The smallest absolute Gasteiger partial charge is 0.405 e. The van der Waals surface area contributed by atoms with Gasteiger partial charge in [-0.15, -0.1) is 0 Å². The van der Waals surface area contributed by atoms with E-state index in [0.29, 0.717) is 11.8 Å². The quantitative estimate of drug-likeness (QED) is 0.875. The van der Waals surface area contributed by atoms with Gasteiger partial charge in [0.1, 0.15) is 5.60 Å².